The monoisotopic (exact) mass is 364 g/mol. The van der Waals surface area contributed by atoms with Crippen LogP contribution in [0.3, 0.4) is 0 Å². The molecule has 0 amide bonds. The van der Waals surface area contributed by atoms with Gasteiger partial charge >= 0.3 is 0 Å². The zero-order valence-corrected chi connectivity index (χ0v) is 13.5. The summed E-state index contributed by atoms with van der Waals surface area (Å²) >= 11 is 11.1. The van der Waals surface area contributed by atoms with Crippen molar-refractivity contribution in [2.75, 3.05) is 5.73 Å². The van der Waals surface area contributed by atoms with Gasteiger partial charge in [-0.15, -0.1) is 0 Å². The zero-order chi connectivity index (χ0) is 14.1. The second-order valence-corrected chi connectivity index (χ2v) is 6.58. The number of nitrogens with two attached hydrogens (primary N) is 1. The summed E-state index contributed by atoms with van der Waals surface area (Å²) in [6.45, 7) is 0. The summed E-state index contributed by atoms with van der Waals surface area (Å²) in [5.74, 6) is 0. The highest BCUT2D eigenvalue weighted by Crippen LogP contribution is 2.39. The second kappa shape index (κ2) is 5.56. The quantitative estimate of drug-likeness (QED) is 0.653. The number of aromatic nitrogens is 1. The molecule has 0 unspecified atom stereocenters. The lowest BCUT2D eigenvalue weighted by molar-refractivity contribution is 1.40. The van der Waals surface area contributed by atoms with E-state index in [-0.39, 0.29) is 0 Å². The fourth-order valence-corrected chi connectivity index (χ4v) is 3.53. The third-order valence-corrected chi connectivity index (χ3v) is 4.60. The van der Waals surface area contributed by atoms with Crippen molar-refractivity contribution >= 4 is 43.9 Å². The molecule has 0 atom stereocenters. The van der Waals surface area contributed by atoms with E-state index in [1.165, 1.54) is 11.3 Å². The van der Waals surface area contributed by atoms with E-state index in [0.29, 0.717) is 10.0 Å². The van der Waals surface area contributed by atoms with Crippen molar-refractivity contribution in [3.63, 3.8) is 0 Å². The zero-order valence-electron chi connectivity index (χ0n) is 10.3. The summed E-state index contributed by atoms with van der Waals surface area (Å²) in [4.78, 5) is 4.63. The largest absolute Gasteiger partial charge is 0.389 e. The van der Waals surface area contributed by atoms with Gasteiger partial charge in [-0.3, -0.25) is 0 Å². The number of benzene rings is 2. The van der Waals surface area contributed by atoms with Gasteiger partial charge in [0.05, 0.1) is 5.02 Å². The molecular formula is C15H10BrClN2S. The van der Waals surface area contributed by atoms with Gasteiger partial charge in [-0.1, -0.05) is 75.3 Å². The first kappa shape index (κ1) is 13.6. The van der Waals surface area contributed by atoms with Crippen molar-refractivity contribution in [1.29, 1.82) is 0 Å². The highest BCUT2D eigenvalue weighted by molar-refractivity contribution is 9.10. The first-order valence-corrected chi connectivity index (χ1v) is 7.91. The first-order chi connectivity index (χ1) is 9.65. The van der Waals surface area contributed by atoms with Crippen molar-refractivity contribution in [3.05, 3.63) is 58.0 Å². The van der Waals surface area contributed by atoms with Gasteiger partial charge < -0.3 is 5.73 Å². The predicted octanol–water partition coefficient (Wildman–Crippen LogP) is 5.48. The maximum absolute atomic E-state index is 6.27. The molecule has 0 aliphatic heterocycles. The minimum Gasteiger partial charge on any atom is -0.389 e. The van der Waals surface area contributed by atoms with Gasteiger partial charge in [-0.2, -0.15) is 0 Å². The van der Waals surface area contributed by atoms with Crippen LogP contribution < -0.4 is 5.73 Å². The molecule has 2 N–H and O–H groups in total. The smallest absolute Gasteiger partial charge is 0.126 e. The lowest BCUT2D eigenvalue weighted by Gasteiger charge is -2.02. The number of hydrogen-bond donors (Lipinski definition) is 1. The summed E-state index contributed by atoms with van der Waals surface area (Å²) in [6, 6.07) is 15.7. The maximum Gasteiger partial charge on any atom is 0.126 e. The van der Waals surface area contributed by atoms with Crippen molar-refractivity contribution in [1.82, 2.24) is 4.98 Å². The van der Waals surface area contributed by atoms with Gasteiger partial charge in [-0.25, -0.2) is 4.98 Å². The third-order valence-electron chi connectivity index (χ3n) is 2.86. The average Bonchev–Trinajstić information content (AvgIpc) is 2.82. The Hall–Kier alpha value is -1.36. The van der Waals surface area contributed by atoms with Crippen LogP contribution in [0.2, 0.25) is 5.02 Å². The van der Waals surface area contributed by atoms with Gasteiger partial charge in [0.15, 0.2) is 0 Å². The van der Waals surface area contributed by atoms with E-state index in [4.69, 9.17) is 17.3 Å². The van der Waals surface area contributed by atoms with Crippen molar-refractivity contribution in [2.24, 2.45) is 0 Å². The van der Waals surface area contributed by atoms with Crippen LogP contribution in [0.1, 0.15) is 0 Å². The van der Waals surface area contributed by atoms with Crippen molar-refractivity contribution in [2.45, 2.75) is 0 Å². The number of hydrogen-bond acceptors (Lipinski definition) is 3. The fraction of sp³-hybridized carbons (Fsp3) is 0. The van der Waals surface area contributed by atoms with Gasteiger partial charge in [0.25, 0.3) is 0 Å². The molecule has 5 heteroatoms. The van der Waals surface area contributed by atoms with Crippen LogP contribution in [-0.4, -0.2) is 4.98 Å². The van der Waals surface area contributed by atoms with Crippen LogP contribution in [0.25, 0.3) is 21.8 Å². The van der Waals surface area contributed by atoms with Crippen molar-refractivity contribution in [3.8, 4) is 21.8 Å². The molecule has 0 spiro atoms. The average molecular weight is 366 g/mol. The summed E-state index contributed by atoms with van der Waals surface area (Å²) in [5, 5.41) is 2.21. The van der Waals surface area contributed by atoms with E-state index in [0.717, 1.165) is 26.3 Å². The summed E-state index contributed by atoms with van der Waals surface area (Å²) in [5.41, 5.74) is 8.76. The Bertz CT molecular complexity index is 756. The molecular weight excluding hydrogens is 356 g/mol. The van der Waals surface area contributed by atoms with Crippen LogP contribution in [-0.2, 0) is 0 Å². The molecule has 0 aliphatic rings. The van der Waals surface area contributed by atoms with Crippen LogP contribution in [0.5, 0.6) is 0 Å². The van der Waals surface area contributed by atoms with E-state index < -0.39 is 0 Å². The SMILES string of the molecule is Nc1sc(-c2ccccc2)nc1-c1ccc(Br)cc1Cl. The van der Waals surface area contributed by atoms with Gasteiger partial charge in [0.1, 0.15) is 15.7 Å². The topological polar surface area (TPSA) is 38.9 Å². The van der Waals surface area contributed by atoms with E-state index >= 15 is 0 Å². The molecule has 0 saturated heterocycles. The Balaban J connectivity index is 2.10. The number of rotatable bonds is 2. The Kier molecular flexibility index (Phi) is 3.78. The Morgan fingerprint density at radius 2 is 1.85 bits per heavy atom. The lowest BCUT2D eigenvalue weighted by atomic mass is 10.1. The molecule has 3 rings (SSSR count). The number of nitrogen functional groups attached to an aromatic ring is 1. The standard InChI is InChI=1S/C15H10BrClN2S/c16-10-6-7-11(12(17)8-10)13-14(18)20-15(19-13)9-4-2-1-3-5-9/h1-8H,18H2. The van der Waals surface area contributed by atoms with E-state index in [1.54, 1.807) is 0 Å². The van der Waals surface area contributed by atoms with E-state index in [2.05, 4.69) is 20.9 Å². The summed E-state index contributed by atoms with van der Waals surface area (Å²) in [6.07, 6.45) is 0. The highest BCUT2D eigenvalue weighted by atomic mass is 79.9. The lowest BCUT2D eigenvalue weighted by Crippen LogP contribution is -1.87. The molecule has 2 aromatic carbocycles. The second-order valence-electron chi connectivity index (χ2n) is 4.22. The molecule has 0 bridgehead atoms. The Labute approximate surface area is 134 Å². The van der Waals surface area contributed by atoms with E-state index in [9.17, 15) is 0 Å². The minimum absolute atomic E-state index is 0.635. The first-order valence-electron chi connectivity index (χ1n) is 5.92. The minimum atomic E-state index is 0.635. The van der Waals surface area contributed by atoms with Crippen LogP contribution in [0.4, 0.5) is 5.00 Å². The van der Waals surface area contributed by atoms with Crippen molar-refractivity contribution < 1.29 is 0 Å². The Morgan fingerprint density at radius 1 is 1.10 bits per heavy atom. The molecule has 0 saturated carbocycles. The molecule has 2 nitrogen and oxygen atoms in total. The molecule has 1 heterocycles. The highest BCUT2D eigenvalue weighted by Gasteiger charge is 2.14. The molecule has 0 aliphatic carbocycles. The molecule has 20 heavy (non-hydrogen) atoms. The molecule has 100 valence electrons. The van der Waals surface area contributed by atoms with Gasteiger partial charge in [0, 0.05) is 15.6 Å². The van der Waals surface area contributed by atoms with Gasteiger partial charge in [-0.05, 0) is 12.1 Å². The molecule has 0 fully saturated rings. The van der Waals surface area contributed by atoms with Crippen LogP contribution >= 0.6 is 38.9 Å². The number of nitrogens with zero attached hydrogens (tertiary/aromatic N) is 1. The molecule has 0 radical (unpaired) electrons. The van der Waals surface area contributed by atoms with Crippen LogP contribution in [0.15, 0.2) is 53.0 Å². The summed E-state index contributed by atoms with van der Waals surface area (Å²) in [7, 11) is 0. The fourth-order valence-electron chi connectivity index (χ4n) is 1.91. The van der Waals surface area contributed by atoms with Crippen LogP contribution in [0, 0.1) is 0 Å². The number of halogens is 2. The van der Waals surface area contributed by atoms with Gasteiger partial charge in [0.2, 0.25) is 0 Å². The predicted molar refractivity (Wildman–Crippen MR) is 90.1 cm³/mol. The Morgan fingerprint density at radius 3 is 2.55 bits per heavy atom. The number of thiazole rings is 1. The molecule has 3 aromatic rings. The molecule has 1 aromatic heterocycles. The third kappa shape index (κ3) is 2.59. The summed E-state index contributed by atoms with van der Waals surface area (Å²) < 4.78 is 0.934. The van der Waals surface area contributed by atoms with E-state index in [1.807, 2.05) is 48.5 Å². The normalized spacial score (nSPS) is 10.7. The maximum atomic E-state index is 6.27. The number of anilines is 1.